The third-order valence-corrected chi connectivity index (χ3v) is 2.77. The van der Waals surface area contributed by atoms with Crippen LogP contribution in [0.5, 0.6) is 0 Å². The molecule has 1 rings (SSSR count). The summed E-state index contributed by atoms with van der Waals surface area (Å²) in [7, 11) is 5.44. The molecule has 106 valence electrons. The highest BCUT2D eigenvalue weighted by atomic mass is 16.5. The van der Waals surface area contributed by atoms with Gasteiger partial charge in [-0.05, 0) is 24.7 Å². The summed E-state index contributed by atoms with van der Waals surface area (Å²) in [6.07, 6.45) is 0. The third-order valence-electron chi connectivity index (χ3n) is 2.77. The molecule has 0 fully saturated rings. The molecule has 0 aliphatic rings. The number of amides is 1. The lowest BCUT2D eigenvalue weighted by Gasteiger charge is -2.19. The molecule has 1 aromatic carbocycles. The molecule has 0 unspecified atom stereocenters. The number of carbonyl (C=O) groups excluding carboxylic acids is 1. The summed E-state index contributed by atoms with van der Waals surface area (Å²) in [6.45, 7) is 2.27. The van der Waals surface area contributed by atoms with Crippen molar-refractivity contribution in [2.75, 3.05) is 45.8 Å². The Kier molecular flexibility index (Phi) is 6.92. The fraction of sp³-hybridized carbons (Fsp3) is 0.500. The van der Waals surface area contributed by atoms with Gasteiger partial charge in [-0.1, -0.05) is 12.1 Å². The number of hydrogen-bond acceptors (Lipinski definition) is 4. The van der Waals surface area contributed by atoms with Crippen molar-refractivity contribution in [3.05, 3.63) is 29.8 Å². The Hall–Kier alpha value is -1.59. The molecule has 0 saturated heterocycles. The van der Waals surface area contributed by atoms with Gasteiger partial charge in [0.25, 0.3) is 0 Å². The van der Waals surface area contributed by atoms with Crippen LogP contribution in [0.15, 0.2) is 24.3 Å². The molecule has 5 heteroatoms. The zero-order chi connectivity index (χ0) is 14.1. The van der Waals surface area contributed by atoms with Crippen LogP contribution in [-0.4, -0.2) is 46.8 Å². The second kappa shape index (κ2) is 8.50. The topological polar surface area (TPSA) is 53.6 Å². The lowest BCUT2D eigenvalue weighted by molar-refractivity contribution is -0.119. The van der Waals surface area contributed by atoms with Crippen LogP contribution < -0.4 is 15.5 Å². The van der Waals surface area contributed by atoms with E-state index in [-0.39, 0.29) is 5.91 Å². The first-order valence-corrected chi connectivity index (χ1v) is 6.37. The van der Waals surface area contributed by atoms with Gasteiger partial charge in [-0.15, -0.1) is 0 Å². The van der Waals surface area contributed by atoms with Crippen LogP contribution in [-0.2, 0) is 16.1 Å². The van der Waals surface area contributed by atoms with Crippen LogP contribution in [0.1, 0.15) is 5.56 Å². The van der Waals surface area contributed by atoms with Gasteiger partial charge in [-0.3, -0.25) is 4.79 Å². The fourth-order valence-electron chi connectivity index (χ4n) is 1.73. The van der Waals surface area contributed by atoms with E-state index in [4.69, 9.17) is 4.74 Å². The monoisotopic (exact) mass is 265 g/mol. The maximum absolute atomic E-state index is 11.7. The van der Waals surface area contributed by atoms with Crippen molar-refractivity contribution in [3.63, 3.8) is 0 Å². The third kappa shape index (κ3) is 5.72. The van der Waals surface area contributed by atoms with Gasteiger partial charge >= 0.3 is 0 Å². The largest absolute Gasteiger partial charge is 0.383 e. The Morgan fingerprint density at radius 3 is 2.58 bits per heavy atom. The van der Waals surface area contributed by atoms with Gasteiger partial charge in [-0.2, -0.15) is 0 Å². The molecule has 0 aliphatic carbocycles. The predicted octanol–water partition coefficient (Wildman–Crippen LogP) is 0.605. The normalized spacial score (nSPS) is 10.3. The maximum Gasteiger partial charge on any atom is 0.239 e. The molecule has 2 N–H and O–H groups in total. The van der Waals surface area contributed by atoms with Crippen molar-refractivity contribution < 1.29 is 9.53 Å². The van der Waals surface area contributed by atoms with Crippen LogP contribution >= 0.6 is 0 Å². The standard InChI is InChI=1S/C14H23N3O2/c1-15-10-12-4-6-13(7-5-12)17(2)11-14(18)16-8-9-19-3/h4-7,15H,8-11H2,1-3H3,(H,16,18). The molecule has 0 bridgehead atoms. The minimum Gasteiger partial charge on any atom is -0.383 e. The Labute approximate surface area is 114 Å². The summed E-state index contributed by atoms with van der Waals surface area (Å²) in [5.74, 6) is -0.00106. The average molecular weight is 265 g/mol. The van der Waals surface area contributed by atoms with Gasteiger partial charge in [0.2, 0.25) is 5.91 Å². The SMILES string of the molecule is CNCc1ccc(N(C)CC(=O)NCCOC)cc1. The molecule has 1 aromatic rings. The highest BCUT2D eigenvalue weighted by molar-refractivity contribution is 5.81. The van der Waals surface area contributed by atoms with Crippen molar-refractivity contribution >= 4 is 11.6 Å². The predicted molar refractivity (Wildman–Crippen MR) is 77.4 cm³/mol. The first kappa shape index (κ1) is 15.5. The van der Waals surface area contributed by atoms with Gasteiger partial charge in [0.05, 0.1) is 13.2 Å². The Morgan fingerprint density at radius 2 is 2.00 bits per heavy atom. The van der Waals surface area contributed by atoms with Crippen LogP contribution in [0, 0.1) is 0 Å². The molecule has 0 saturated carbocycles. The highest BCUT2D eigenvalue weighted by Crippen LogP contribution is 2.13. The van der Waals surface area contributed by atoms with E-state index in [2.05, 4.69) is 22.8 Å². The number of ether oxygens (including phenoxy) is 1. The van der Waals surface area contributed by atoms with Gasteiger partial charge in [0.15, 0.2) is 0 Å². The van der Waals surface area contributed by atoms with E-state index >= 15 is 0 Å². The molecule has 0 spiro atoms. The summed E-state index contributed by atoms with van der Waals surface area (Å²) in [4.78, 5) is 13.6. The zero-order valence-corrected chi connectivity index (χ0v) is 11.9. The number of nitrogens with zero attached hydrogens (tertiary/aromatic N) is 1. The van der Waals surface area contributed by atoms with Crippen molar-refractivity contribution in [3.8, 4) is 0 Å². The number of rotatable bonds is 8. The number of nitrogens with one attached hydrogen (secondary N) is 2. The van der Waals surface area contributed by atoms with E-state index in [0.717, 1.165) is 12.2 Å². The fourth-order valence-corrected chi connectivity index (χ4v) is 1.73. The smallest absolute Gasteiger partial charge is 0.239 e. The molecule has 19 heavy (non-hydrogen) atoms. The van der Waals surface area contributed by atoms with E-state index in [0.29, 0.717) is 19.7 Å². The summed E-state index contributed by atoms with van der Waals surface area (Å²) < 4.78 is 4.88. The van der Waals surface area contributed by atoms with Crippen LogP contribution in [0.3, 0.4) is 0 Å². The van der Waals surface area contributed by atoms with Crippen LogP contribution in [0.4, 0.5) is 5.69 Å². The minimum absolute atomic E-state index is 0.00106. The molecule has 0 radical (unpaired) electrons. The van der Waals surface area contributed by atoms with Crippen molar-refractivity contribution in [1.82, 2.24) is 10.6 Å². The van der Waals surface area contributed by atoms with E-state index in [1.807, 2.05) is 31.1 Å². The summed E-state index contributed by atoms with van der Waals surface area (Å²) in [5.41, 5.74) is 2.26. The van der Waals surface area contributed by atoms with Crippen LogP contribution in [0.2, 0.25) is 0 Å². The van der Waals surface area contributed by atoms with Crippen molar-refractivity contribution in [2.24, 2.45) is 0 Å². The molecular weight excluding hydrogens is 242 g/mol. The second-order valence-electron chi connectivity index (χ2n) is 4.40. The minimum atomic E-state index is -0.00106. The number of anilines is 1. The average Bonchev–Trinajstić information content (AvgIpc) is 2.40. The molecule has 5 nitrogen and oxygen atoms in total. The summed E-state index contributed by atoms with van der Waals surface area (Å²) in [5, 5.41) is 5.90. The van der Waals surface area contributed by atoms with E-state index in [1.165, 1.54) is 5.56 Å². The maximum atomic E-state index is 11.7. The molecule has 0 aromatic heterocycles. The molecule has 0 aliphatic heterocycles. The Morgan fingerprint density at radius 1 is 1.32 bits per heavy atom. The summed E-state index contributed by atoms with van der Waals surface area (Å²) in [6, 6.07) is 8.17. The van der Waals surface area contributed by atoms with E-state index in [9.17, 15) is 4.79 Å². The molecule has 0 heterocycles. The first-order chi connectivity index (χ1) is 9.17. The first-order valence-electron chi connectivity index (χ1n) is 6.37. The second-order valence-corrected chi connectivity index (χ2v) is 4.40. The number of carbonyl (C=O) groups is 1. The van der Waals surface area contributed by atoms with Crippen LogP contribution in [0.25, 0.3) is 0 Å². The number of hydrogen-bond donors (Lipinski definition) is 2. The summed E-state index contributed by atoms with van der Waals surface area (Å²) >= 11 is 0. The van der Waals surface area contributed by atoms with E-state index in [1.54, 1.807) is 7.11 Å². The Bertz CT molecular complexity index is 379. The van der Waals surface area contributed by atoms with Gasteiger partial charge < -0.3 is 20.3 Å². The van der Waals surface area contributed by atoms with E-state index < -0.39 is 0 Å². The van der Waals surface area contributed by atoms with Crippen molar-refractivity contribution in [1.29, 1.82) is 0 Å². The Balaban J connectivity index is 2.43. The number of likely N-dealkylation sites (N-methyl/N-ethyl adjacent to an activating group) is 1. The molecular formula is C14H23N3O2. The lowest BCUT2D eigenvalue weighted by atomic mass is 10.2. The highest BCUT2D eigenvalue weighted by Gasteiger charge is 2.06. The zero-order valence-electron chi connectivity index (χ0n) is 11.9. The number of methoxy groups -OCH3 is 1. The van der Waals surface area contributed by atoms with Crippen molar-refractivity contribution in [2.45, 2.75) is 6.54 Å². The van der Waals surface area contributed by atoms with Gasteiger partial charge in [0.1, 0.15) is 0 Å². The van der Waals surface area contributed by atoms with Gasteiger partial charge in [0, 0.05) is 32.9 Å². The molecule has 1 amide bonds. The molecule has 0 atom stereocenters. The quantitative estimate of drug-likeness (QED) is 0.676. The number of benzene rings is 1. The lowest BCUT2D eigenvalue weighted by Crippen LogP contribution is -2.36. The van der Waals surface area contributed by atoms with Gasteiger partial charge in [-0.25, -0.2) is 0 Å².